The van der Waals surface area contributed by atoms with Crippen LogP contribution in [0, 0.1) is 0 Å². The fourth-order valence-electron chi connectivity index (χ4n) is 1.76. The van der Waals surface area contributed by atoms with Crippen LogP contribution >= 0.6 is 15.9 Å². The zero-order valence-corrected chi connectivity index (χ0v) is 11.2. The molecular formula is C12H15BrN4. The average Bonchev–Trinajstić information content (AvgIpc) is 2.83. The lowest BCUT2D eigenvalue weighted by molar-refractivity contribution is 0.509. The Balaban J connectivity index is 2.01. The molecule has 17 heavy (non-hydrogen) atoms. The number of aromatic nitrogens is 3. The molecule has 1 aromatic carbocycles. The monoisotopic (exact) mass is 294 g/mol. The molecule has 0 radical (unpaired) electrons. The van der Waals surface area contributed by atoms with E-state index in [0.29, 0.717) is 12.6 Å². The highest BCUT2D eigenvalue weighted by molar-refractivity contribution is 9.10. The third-order valence-electron chi connectivity index (χ3n) is 2.64. The summed E-state index contributed by atoms with van der Waals surface area (Å²) in [6.07, 6.45) is 2.56. The normalized spacial score (nSPS) is 12.6. The molecule has 2 rings (SSSR count). The molecule has 0 spiro atoms. The van der Waals surface area contributed by atoms with Crippen LogP contribution in [0.1, 0.15) is 30.8 Å². The molecule has 1 heterocycles. The number of H-pyrrole nitrogens is 1. The summed E-state index contributed by atoms with van der Waals surface area (Å²) < 4.78 is 1.11. The molecule has 0 aliphatic heterocycles. The van der Waals surface area contributed by atoms with E-state index in [4.69, 9.17) is 0 Å². The van der Waals surface area contributed by atoms with Crippen molar-refractivity contribution in [3.8, 4) is 0 Å². The minimum absolute atomic E-state index is 0.331. The molecule has 0 aliphatic rings. The fourth-order valence-corrected chi connectivity index (χ4v) is 2.17. The topological polar surface area (TPSA) is 53.6 Å². The Morgan fingerprint density at radius 3 is 3.00 bits per heavy atom. The van der Waals surface area contributed by atoms with E-state index in [1.54, 1.807) is 0 Å². The first-order valence-electron chi connectivity index (χ1n) is 5.62. The van der Waals surface area contributed by atoms with Gasteiger partial charge in [0.15, 0.2) is 0 Å². The summed E-state index contributed by atoms with van der Waals surface area (Å²) in [4.78, 5) is 4.10. The number of hydrogen-bond acceptors (Lipinski definition) is 3. The second-order valence-electron chi connectivity index (χ2n) is 3.83. The van der Waals surface area contributed by atoms with Crippen LogP contribution in [0.2, 0.25) is 0 Å². The van der Waals surface area contributed by atoms with Crippen molar-refractivity contribution in [3.05, 3.63) is 46.5 Å². The predicted molar refractivity (Wildman–Crippen MR) is 70.4 cm³/mol. The van der Waals surface area contributed by atoms with Crippen molar-refractivity contribution in [1.29, 1.82) is 0 Å². The van der Waals surface area contributed by atoms with Crippen molar-refractivity contribution < 1.29 is 0 Å². The highest BCUT2D eigenvalue weighted by Crippen LogP contribution is 2.20. The lowest BCUT2D eigenvalue weighted by atomic mass is 10.0. The zero-order chi connectivity index (χ0) is 12.1. The van der Waals surface area contributed by atoms with E-state index in [1.807, 2.05) is 6.07 Å². The Kier molecular flexibility index (Phi) is 4.28. The van der Waals surface area contributed by atoms with Gasteiger partial charge in [-0.25, -0.2) is 4.98 Å². The van der Waals surface area contributed by atoms with Gasteiger partial charge in [0.1, 0.15) is 12.2 Å². The lowest BCUT2D eigenvalue weighted by Crippen LogP contribution is -2.20. The van der Waals surface area contributed by atoms with Crippen molar-refractivity contribution in [1.82, 2.24) is 20.5 Å². The van der Waals surface area contributed by atoms with E-state index in [9.17, 15) is 0 Å². The molecule has 5 heteroatoms. The molecule has 2 N–H and O–H groups in total. The molecule has 0 amide bonds. The highest BCUT2D eigenvalue weighted by atomic mass is 79.9. The largest absolute Gasteiger partial charge is 0.303 e. The maximum absolute atomic E-state index is 4.10. The maximum Gasteiger partial charge on any atom is 0.138 e. The molecule has 1 atom stereocenters. The van der Waals surface area contributed by atoms with Crippen molar-refractivity contribution in [2.45, 2.75) is 25.9 Å². The number of hydrogen-bond donors (Lipinski definition) is 2. The SMILES string of the molecule is CCC(NCc1ncn[nH]1)c1cccc(Br)c1. The third kappa shape index (κ3) is 3.38. The molecule has 0 fully saturated rings. The van der Waals surface area contributed by atoms with Gasteiger partial charge in [-0.1, -0.05) is 35.0 Å². The van der Waals surface area contributed by atoms with Gasteiger partial charge < -0.3 is 5.32 Å². The Morgan fingerprint density at radius 1 is 1.47 bits per heavy atom. The zero-order valence-electron chi connectivity index (χ0n) is 9.65. The van der Waals surface area contributed by atoms with Gasteiger partial charge in [-0.3, -0.25) is 5.10 Å². The predicted octanol–water partition coefficient (Wildman–Crippen LogP) is 2.81. The molecule has 90 valence electrons. The second kappa shape index (κ2) is 5.93. The Labute approximate surface area is 109 Å². The minimum atomic E-state index is 0.331. The Hall–Kier alpha value is -1.20. The van der Waals surface area contributed by atoms with Gasteiger partial charge in [0.2, 0.25) is 0 Å². The summed E-state index contributed by atoms with van der Waals surface area (Å²) in [6.45, 7) is 2.87. The quantitative estimate of drug-likeness (QED) is 0.892. The molecule has 0 saturated heterocycles. The first-order chi connectivity index (χ1) is 8.29. The van der Waals surface area contributed by atoms with Crippen LogP contribution in [0.3, 0.4) is 0 Å². The van der Waals surface area contributed by atoms with Crippen LogP contribution in [-0.2, 0) is 6.54 Å². The van der Waals surface area contributed by atoms with Crippen LogP contribution in [0.25, 0.3) is 0 Å². The second-order valence-corrected chi connectivity index (χ2v) is 4.74. The van der Waals surface area contributed by atoms with Crippen molar-refractivity contribution in [2.75, 3.05) is 0 Å². The molecular weight excluding hydrogens is 280 g/mol. The van der Waals surface area contributed by atoms with E-state index in [-0.39, 0.29) is 0 Å². The van der Waals surface area contributed by atoms with E-state index in [0.717, 1.165) is 16.7 Å². The van der Waals surface area contributed by atoms with Crippen LogP contribution in [-0.4, -0.2) is 15.2 Å². The maximum atomic E-state index is 4.10. The highest BCUT2D eigenvalue weighted by Gasteiger charge is 2.09. The van der Waals surface area contributed by atoms with Gasteiger partial charge in [0.05, 0.1) is 6.54 Å². The molecule has 2 aromatic rings. The van der Waals surface area contributed by atoms with Gasteiger partial charge in [0, 0.05) is 10.5 Å². The van der Waals surface area contributed by atoms with E-state index < -0.39 is 0 Å². The van der Waals surface area contributed by atoms with Gasteiger partial charge in [-0.05, 0) is 24.1 Å². The van der Waals surface area contributed by atoms with E-state index >= 15 is 0 Å². The molecule has 1 unspecified atom stereocenters. The summed E-state index contributed by atoms with van der Waals surface area (Å²) in [7, 11) is 0. The smallest absolute Gasteiger partial charge is 0.138 e. The van der Waals surface area contributed by atoms with Crippen LogP contribution < -0.4 is 5.32 Å². The molecule has 0 aliphatic carbocycles. The first-order valence-corrected chi connectivity index (χ1v) is 6.42. The third-order valence-corrected chi connectivity index (χ3v) is 3.13. The fraction of sp³-hybridized carbons (Fsp3) is 0.333. The summed E-state index contributed by atoms with van der Waals surface area (Å²) in [6, 6.07) is 8.69. The standard InChI is InChI=1S/C12H15BrN4/c1-2-11(9-4-3-5-10(13)6-9)14-7-12-15-8-16-17-12/h3-6,8,11,14H,2,7H2,1H3,(H,15,16,17). The van der Waals surface area contributed by atoms with Crippen LogP contribution in [0.4, 0.5) is 0 Å². The number of nitrogens with one attached hydrogen (secondary N) is 2. The number of halogens is 1. The van der Waals surface area contributed by atoms with Gasteiger partial charge in [0.25, 0.3) is 0 Å². The van der Waals surface area contributed by atoms with Crippen molar-refractivity contribution in [3.63, 3.8) is 0 Å². The first kappa shape index (κ1) is 12.3. The minimum Gasteiger partial charge on any atom is -0.303 e. The van der Waals surface area contributed by atoms with Crippen molar-refractivity contribution >= 4 is 15.9 Å². The Morgan fingerprint density at radius 2 is 2.35 bits per heavy atom. The van der Waals surface area contributed by atoms with Crippen molar-refractivity contribution in [2.24, 2.45) is 0 Å². The van der Waals surface area contributed by atoms with Crippen LogP contribution in [0.5, 0.6) is 0 Å². The van der Waals surface area contributed by atoms with Gasteiger partial charge in [-0.2, -0.15) is 5.10 Å². The number of aromatic amines is 1. The Bertz CT molecular complexity index is 455. The molecule has 0 bridgehead atoms. The molecule has 0 saturated carbocycles. The van der Waals surface area contributed by atoms with Crippen LogP contribution in [0.15, 0.2) is 35.1 Å². The lowest BCUT2D eigenvalue weighted by Gasteiger charge is -2.16. The van der Waals surface area contributed by atoms with Gasteiger partial charge in [-0.15, -0.1) is 0 Å². The summed E-state index contributed by atoms with van der Waals surface area (Å²) >= 11 is 3.49. The molecule has 1 aromatic heterocycles. The van der Waals surface area contributed by atoms with E-state index in [1.165, 1.54) is 11.9 Å². The number of benzene rings is 1. The average molecular weight is 295 g/mol. The summed E-state index contributed by atoms with van der Waals surface area (Å²) in [5.41, 5.74) is 1.28. The van der Waals surface area contributed by atoms with Gasteiger partial charge >= 0.3 is 0 Å². The number of nitrogens with zero attached hydrogens (tertiary/aromatic N) is 2. The van der Waals surface area contributed by atoms with E-state index in [2.05, 4.69) is 61.6 Å². The summed E-state index contributed by atoms with van der Waals surface area (Å²) in [5, 5.41) is 10.1. The summed E-state index contributed by atoms with van der Waals surface area (Å²) in [5.74, 6) is 0.860. The molecule has 4 nitrogen and oxygen atoms in total. The number of rotatable bonds is 5.